The fourth-order valence-corrected chi connectivity index (χ4v) is 2.77. The summed E-state index contributed by atoms with van der Waals surface area (Å²) in [5.41, 5.74) is 0.722. The van der Waals surface area contributed by atoms with Crippen LogP contribution < -0.4 is 10.6 Å². The van der Waals surface area contributed by atoms with Crippen LogP contribution >= 0.6 is 0 Å². The summed E-state index contributed by atoms with van der Waals surface area (Å²) < 4.78 is 5.32. The molecule has 1 saturated heterocycles. The number of nitrogens with zero attached hydrogens (tertiary/aromatic N) is 1. The molecule has 23 heavy (non-hydrogen) atoms. The molecular formula is C16H23N3O4. The van der Waals surface area contributed by atoms with E-state index in [1.165, 1.54) is 12.1 Å². The van der Waals surface area contributed by atoms with Gasteiger partial charge in [0.1, 0.15) is 0 Å². The molecule has 2 amide bonds. The molecule has 2 rings (SSSR count). The predicted molar refractivity (Wildman–Crippen MR) is 86.2 cm³/mol. The monoisotopic (exact) mass is 321 g/mol. The van der Waals surface area contributed by atoms with Gasteiger partial charge in [0, 0.05) is 31.4 Å². The standard InChI is InChI=1S/C16H23N3O4/c1-11(13-6-8-23-9-7-13)17-16(20)18-12(2)14-4-3-5-15(10-14)19(21)22/h3-5,10-13H,6-9H2,1-2H3,(H2,17,18,20)/t11-,12-/m1/s1. The van der Waals surface area contributed by atoms with Crippen LogP contribution in [0.15, 0.2) is 24.3 Å². The summed E-state index contributed by atoms with van der Waals surface area (Å²) >= 11 is 0. The van der Waals surface area contributed by atoms with Crippen LogP contribution in [0.3, 0.4) is 0 Å². The van der Waals surface area contributed by atoms with Gasteiger partial charge >= 0.3 is 6.03 Å². The van der Waals surface area contributed by atoms with Crippen molar-refractivity contribution in [1.82, 2.24) is 10.6 Å². The number of hydrogen-bond donors (Lipinski definition) is 2. The first-order chi connectivity index (χ1) is 11.0. The molecule has 126 valence electrons. The Morgan fingerprint density at radius 3 is 2.65 bits per heavy atom. The molecule has 1 aliphatic rings. The molecule has 1 aromatic rings. The van der Waals surface area contributed by atoms with Crippen molar-refractivity contribution < 1.29 is 14.5 Å². The number of urea groups is 1. The first-order valence-electron chi connectivity index (χ1n) is 7.86. The van der Waals surface area contributed by atoms with E-state index in [4.69, 9.17) is 4.74 Å². The van der Waals surface area contributed by atoms with Crippen molar-refractivity contribution in [2.75, 3.05) is 13.2 Å². The van der Waals surface area contributed by atoms with Gasteiger partial charge in [-0.3, -0.25) is 10.1 Å². The van der Waals surface area contributed by atoms with Gasteiger partial charge in [0.05, 0.1) is 11.0 Å². The Kier molecular flexibility index (Phi) is 5.92. The van der Waals surface area contributed by atoms with Crippen LogP contribution in [0.1, 0.15) is 38.3 Å². The van der Waals surface area contributed by atoms with Crippen molar-refractivity contribution in [2.45, 2.75) is 38.8 Å². The summed E-state index contributed by atoms with van der Waals surface area (Å²) in [7, 11) is 0. The van der Waals surface area contributed by atoms with Gasteiger partial charge in [-0.05, 0) is 38.2 Å². The minimum atomic E-state index is -0.441. The zero-order valence-corrected chi connectivity index (χ0v) is 13.5. The fourth-order valence-electron chi connectivity index (χ4n) is 2.77. The Morgan fingerprint density at radius 1 is 1.30 bits per heavy atom. The third-order valence-corrected chi connectivity index (χ3v) is 4.26. The van der Waals surface area contributed by atoms with Crippen molar-refractivity contribution in [3.05, 3.63) is 39.9 Å². The van der Waals surface area contributed by atoms with E-state index in [-0.39, 0.29) is 23.8 Å². The van der Waals surface area contributed by atoms with Crippen molar-refractivity contribution in [3.63, 3.8) is 0 Å². The molecular weight excluding hydrogens is 298 g/mol. The molecule has 1 heterocycles. The topological polar surface area (TPSA) is 93.5 Å². The molecule has 1 aliphatic heterocycles. The summed E-state index contributed by atoms with van der Waals surface area (Å²) in [6, 6.07) is 5.79. The van der Waals surface area contributed by atoms with Crippen LogP contribution in [0.25, 0.3) is 0 Å². The highest BCUT2D eigenvalue weighted by Crippen LogP contribution is 2.20. The predicted octanol–water partition coefficient (Wildman–Crippen LogP) is 2.77. The average Bonchev–Trinajstić information content (AvgIpc) is 2.55. The van der Waals surface area contributed by atoms with Crippen LogP contribution in [0.5, 0.6) is 0 Å². The number of nitrogens with one attached hydrogen (secondary N) is 2. The number of carbonyl (C=O) groups excluding carboxylic acids is 1. The molecule has 0 bridgehead atoms. The summed E-state index contributed by atoms with van der Waals surface area (Å²) in [6.07, 6.45) is 1.89. The first kappa shape index (κ1) is 17.2. The Labute approximate surface area is 135 Å². The smallest absolute Gasteiger partial charge is 0.315 e. The second-order valence-corrected chi connectivity index (χ2v) is 5.93. The molecule has 0 radical (unpaired) electrons. The Hall–Kier alpha value is -2.15. The lowest BCUT2D eigenvalue weighted by atomic mass is 9.93. The summed E-state index contributed by atoms with van der Waals surface area (Å²) in [4.78, 5) is 22.5. The van der Waals surface area contributed by atoms with Crippen LogP contribution in [-0.2, 0) is 4.74 Å². The zero-order chi connectivity index (χ0) is 16.8. The van der Waals surface area contributed by atoms with E-state index in [1.807, 2.05) is 6.92 Å². The molecule has 2 N–H and O–H groups in total. The van der Waals surface area contributed by atoms with E-state index in [0.717, 1.165) is 26.1 Å². The van der Waals surface area contributed by atoms with Crippen LogP contribution in [0.4, 0.5) is 10.5 Å². The van der Waals surface area contributed by atoms with E-state index < -0.39 is 4.92 Å². The number of benzene rings is 1. The lowest BCUT2D eigenvalue weighted by Crippen LogP contribution is -2.45. The van der Waals surface area contributed by atoms with Crippen LogP contribution in [-0.4, -0.2) is 30.2 Å². The molecule has 0 saturated carbocycles. The molecule has 7 nitrogen and oxygen atoms in total. The Bertz CT molecular complexity index is 558. The van der Waals surface area contributed by atoms with E-state index >= 15 is 0 Å². The van der Waals surface area contributed by atoms with Crippen LogP contribution in [0, 0.1) is 16.0 Å². The minimum Gasteiger partial charge on any atom is -0.381 e. The number of non-ortho nitro benzene ring substituents is 1. The number of carbonyl (C=O) groups is 1. The fraction of sp³-hybridized carbons (Fsp3) is 0.562. The normalized spacial score (nSPS) is 18.0. The van der Waals surface area contributed by atoms with Gasteiger partial charge in [-0.15, -0.1) is 0 Å². The maximum absolute atomic E-state index is 12.1. The van der Waals surface area contributed by atoms with E-state index in [2.05, 4.69) is 10.6 Å². The third-order valence-electron chi connectivity index (χ3n) is 4.26. The van der Waals surface area contributed by atoms with E-state index in [1.54, 1.807) is 19.1 Å². The highest BCUT2D eigenvalue weighted by molar-refractivity contribution is 5.74. The molecule has 2 atom stereocenters. The van der Waals surface area contributed by atoms with Crippen LogP contribution in [0.2, 0.25) is 0 Å². The largest absolute Gasteiger partial charge is 0.381 e. The molecule has 7 heteroatoms. The highest BCUT2D eigenvalue weighted by Gasteiger charge is 2.22. The number of ether oxygens (including phenoxy) is 1. The zero-order valence-electron chi connectivity index (χ0n) is 13.5. The molecule has 0 aromatic heterocycles. The second kappa shape index (κ2) is 7.92. The van der Waals surface area contributed by atoms with E-state index in [0.29, 0.717) is 11.5 Å². The summed E-state index contributed by atoms with van der Waals surface area (Å²) in [6.45, 7) is 5.27. The van der Waals surface area contributed by atoms with Gasteiger partial charge in [-0.2, -0.15) is 0 Å². The third kappa shape index (κ3) is 4.92. The number of nitro benzene ring substituents is 1. The maximum Gasteiger partial charge on any atom is 0.315 e. The summed E-state index contributed by atoms with van der Waals surface area (Å²) in [5, 5.41) is 16.6. The summed E-state index contributed by atoms with van der Waals surface area (Å²) in [5.74, 6) is 0.419. The number of rotatable bonds is 5. The quantitative estimate of drug-likeness (QED) is 0.644. The SMILES string of the molecule is C[C@@H](NC(=O)N[C@H](C)C1CCOCC1)c1cccc([N+](=O)[O-])c1. The lowest BCUT2D eigenvalue weighted by molar-refractivity contribution is -0.384. The maximum atomic E-state index is 12.1. The molecule has 1 fully saturated rings. The number of amides is 2. The van der Waals surface area contributed by atoms with Crippen molar-refractivity contribution in [1.29, 1.82) is 0 Å². The van der Waals surface area contributed by atoms with Crippen molar-refractivity contribution in [3.8, 4) is 0 Å². The van der Waals surface area contributed by atoms with Gasteiger partial charge in [0.15, 0.2) is 0 Å². The molecule has 0 unspecified atom stereocenters. The van der Waals surface area contributed by atoms with Crippen molar-refractivity contribution in [2.24, 2.45) is 5.92 Å². The van der Waals surface area contributed by atoms with Gasteiger partial charge in [0.25, 0.3) is 5.69 Å². The average molecular weight is 321 g/mol. The van der Waals surface area contributed by atoms with E-state index in [9.17, 15) is 14.9 Å². The van der Waals surface area contributed by atoms with Gasteiger partial charge in [0.2, 0.25) is 0 Å². The first-order valence-corrected chi connectivity index (χ1v) is 7.86. The molecule has 1 aromatic carbocycles. The van der Waals surface area contributed by atoms with Gasteiger partial charge in [-0.25, -0.2) is 4.79 Å². The Balaban J connectivity index is 1.88. The van der Waals surface area contributed by atoms with Gasteiger partial charge < -0.3 is 15.4 Å². The number of nitro groups is 1. The highest BCUT2D eigenvalue weighted by atomic mass is 16.6. The molecule has 0 aliphatic carbocycles. The number of hydrogen-bond acceptors (Lipinski definition) is 4. The second-order valence-electron chi connectivity index (χ2n) is 5.93. The minimum absolute atomic E-state index is 0.0205. The Morgan fingerprint density at radius 2 is 2.00 bits per heavy atom. The molecule has 0 spiro atoms. The van der Waals surface area contributed by atoms with Crippen molar-refractivity contribution >= 4 is 11.7 Å². The van der Waals surface area contributed by atoms with Gasteiger partial charge in [-0.1, -0.05) is 12.1 Å². The lowest BCUT2D eigenvalue weighted by Gasteiger charge is -2.28.